The number of amides is 2. The number of nitrogens with zero attached hydrogens (tertiary/aromatic N) is 3. The van der Waals surface area contributed by atoms with Gasteiger partial charge in [-0.1, -0.05) is 12.1 Å². The number of nitrogens with one attached hydrogen (secondary N) is 2. The second kappa shape index (κ2) is 6.36. The first kappa shape index (κ1) is 14.3. The lowest BCUT2D eigenvalue weighted by atomic mass is 9.91. The van der Waals surface area contributed by atoms with Crippen LogP contribution in [-0.2, 0) is 4.79 Å². The van der Waals surface area contributed by atoms with Crippen molar-refractivity contribution in [2.24, 2.45) is 0 Å². The smallest absolute Gasteiger partial charge is 0.408 e. The molecule has 0 aliphatic carbocycles. The topological polar surface area (TPSA) is 111 Å². The first-order valence-corrected chi connectivity index (χ1v) is 6.78. The lowest BCUT2D eigenvalue weighted by molar-refractivity contribution is -0.123. The molecule has 2 rings (SSSR count). The number of carbonyl (C=O) groups is 2. The number of piperidine rings is 1. The number of aromatic nitrogens is 3. The summed E-state index contributed by atoms with van der Waals surface area (Å²) >= 11 is 0. The number of carboxylic acid groups (broad SMARTS) is 1. The number of hydrogen-bond acceptors (Lipinski definition) is 4. The summed E-state index contributed by atoms with van der Waals surface area (Å²) in [7, 11) is 0. The van der Waals surface area contributed by atoms with Gasteiger partial charge in [0.15, 0.2) is 0 Å². The van der Waals surface area contributed by atoms with E-state index in [9.17, 15) is 14.7 Å². The van der Waals surface area contributed by atoms with Crippen molar-refractivity contribution in [3.05, 3.63) is 11.9 Å². The minimum Gasteiger partial charge on any atom is -0.465 e. The van der Waals surface area contributed by atoms with Gasteiger partial charge in [-0.3, -0.25) is 14.8 Å². The normalized spacial score (nSPS) is 22.6. The number of carbonyl (C=O) groups excluding carboxylic acids is 1. The van der Waals surface area contributed by atoms with E-state index >= 15 is 0 Å². The summed E-state index contributed by atoms with van der Waals surface area (Å²) in [6.07, 6.45) is 2.66. The SMILES string of the molecule is CCCC(=O)NC1C(c2c[nH]nn2)CCCN1C(=O)O. The third-order valence-corrected chi connectivity index (χ3v) is 3.48. The van der Waals surface area contributed by atoms with Crippen LogP contribution in [-0.4, -0.2) is 50.1 Å². The number of rotatable bonds is 4. The molecular weight excluding hydrogens is 262 g/mol. The van der Waals surface area contributed by atoms with Gasteiger partial charge in [-0.2, -0.15) is 0 Å². The van der Waals surface area contributed by atoms with Crippen molar-refractivity contribution >= 4 is 12.0 Å². The molecule has 0 saturated carbocycles. The van der Waals surface area contributed by atoms with Crippen molar-refractivity contribution in [1.29, 1.82) is 0 Å². The summed E-state index contributed by atoms with van der Waals surface area (Å²) in [5, 5.41) is 22.4. The Hall–Kier alpha value is -2.12. The summed E-state index contributed by atoms with van der Waals surface area (Å²) in [5.41, 5.74) is 0.678. The van der Waals surface area contributed by atoms with Crippen LogP contribution in [0.3, 0.4) is 0 Å². The lowest BCUT2D eigenvalue weighted by Gasteiger charge is -2.39. The van der Waals surface area contributed by atoms with E-state index in [4.69, 9.17) is 0 Å². The molecule has 8 nitrogen and oxygen atoms in total. The first-order chi connectivity index (χ1) is 9.63. The van der Waals surface area contributed by atoms with Gasteiger partial charge < -0.3 is 10.4 Å². The molecule has 0 aromatic carbocycles. The van der Waals surface area contributed by atoms with Gasteiger partial charge in [0.05, 0.1) is 5.69 Å². The Morgan fingerprint density at radius 2 is 2.40 bits per heavy atom. The molecule has 3 N–H and O–H groups in total. The van der Waals surface area contributed by atoms with Gasteiger partial charge in [-0.05, 0) is 19.3 Å². The molecule has 2 atom stereocenters. The second-order valence-electron chi connectivity index (χ2n) is 4.89. The Bertz CT molecular complexity index is 462. The summed E-state index contributed by atoms with van der Waals surface area (Å²) in [4.78, 5) is 24.4. The van der Waals surface area contributed by atoms with Gasteiger partial charge >= 0.3 is 6.09 Å². The van der Waals surface area contributed by atoms with Gasteiger partial charge in [0.2, 0.25) is 5.91 Å². The van der Waals surface area contributed by atoms with Crippen LogP contribution in [0, 0.1) is 0 Å². The Kier molecular flexibility index (Phi) is 4.54. The highest BCUT2D eigenvalue weighted by atomic mass is 16.4. The Morgan fingerprint density at radius 3 is 3.00 bits per heavy atom. The van der Waals surface area contributed by atoms with Crippen LogP contribution in [0.5, 0.6) is 0 Å². The quantitative estimate of drug-likeness (QED) is 0.759. The van der Waals surface area contributed by atoms with Crippen molar-refractivity contribution in [2.45, 2.75) is 44.7 Å². The highest BCUT2D eigenvalue weighted by Crippen LogP contribution is 2.30. The summed E-state index contributed by atoms with van der Waals surface area (Å²) in [6.45, 7) is 2.32. The third-order valence-electron chi connectivity index (χ3n) is 3.48. The number of hydrogen-bond donors (Lipinski definition) is 3. The fourth-order valence-corrected chi connectivity index (χ4v) is 2.55. The van der Waals surface area contributed by atoms with Crippen LogP contribution in [0.15, 0.2) is 6.20 Å². The van der Waals surface area contributed by atoms with Gasteiger partial charge in [-0.15, -0.1) is 5.10 Å². The van der Waals surface area contributed by atoms with Crippen LogP contribution >= 0.6 is 0 Å². The van der Waals surface area contributed by atoms with E-state index in [2.05, 4.69) is 20.7 Å². The van der Waals surface area contributed by atoms with Crippen molar-refractivity contribution in [3.63, 3.8) is 0 Å². The van der Waals surface area contributed by atoms with Gasteiger partial charge in [-0.25, -0.2) is 4.79 Å². The average Bonchev–Trinajstić information content (AvgIpc) is 2.92. The number of aromatic amines is 1. The molecule has 1 aliphatic heterocycles. The zero-order valence-electron chi connectivity index (χ0n) is 11.4. The van der Waals surface area contributed by atoms with Crippen LogP contribution in [0.4, 0.5) is 4.79 Å². The van der Waals surface area contributed by atoms with E-state index in [1.807, 2.05) is 6.92 Å². The van der Waals surface area contributed by atoms with Crippen molar-refractivity contribution in [1.82, 2.24) is 25.6 Å². The Balaban J connectivity index is 2.19. The minimum atomic E-state index is -1.03. The standard InChI is InChI=1S/C12H19N5O3/c1-2-4-10(18)14-11-8(9-7-13-16-15-9)5-3-6-17(11)12(19)20/h7-8,11H,2-6H2,1H3,(H,14,18)(H,19,20)(H,13,15,16). The highest BCUT2D eigenvalue weighted by Gasteiger charge is 2.37. The van der Waals surface area contributed by atoms with E-state index in [0.29, 0.717) is 18.7 Å². The third kappa shape index (κ3) is 3.06. The van der Waals surface area contributed by atoms with Crippen LogP contribution in [0.1, 0.15) is 44.2 Å². The van der Waals surface area contributed by atoms with Crippen molar-refractivity contribution in [2.75, 3.05) is 6.54 Å². The molecule has 110 valence electrons. The molecule has 1 fully saturated rings. The molecule has 1 aliphatic rings. The fourth-order valence-electron chi connectivity index (χ4n) is 2.55. The molecule has 2 heterocycles. The van der Waals surface area contributed by atoms with Crippen molar-refractivity contribution < 1.29 is 14.7 Å². The maximum Gasteiger partial charge on any atom is 0.408 e. The van der Waals surface area contributed by atoms with Gasteiger partial charge in [0, 0.05) is 25.1 Å². The second-order valence-corrected chi connectivity index (χ2v) is 4.89. The van der Waals surface area contributed by atoms with Crippen LogP contribution in [0.25, 0.3) is 0 Å². The molecule has 1 aromatic rings. The maximum atomic E-state index is 11.8. The minimum absolute atomic E-state index is 0.140. The molecule has 0 radical (unpaired) electrons. The fraction of sp³-hybridized carbons (Fsp3) is 0.667. The molecular formula is C12H19N5O3. The monoisotopic (exact) mass is 281 g/mol. The zero-order valence-corrected chi connectivity index (χ0v) is 11.4. The van der Waals surface area contributed by atoms with Crippen LogP contribution < -0.4 is 5.32 Å². The zero-order chi connectivity index (χ0) is 14.5. The van der Waals surface area contributed by atoms with Gasteiger partial charge in [0.25, 0.3) is 0 Å². The van der Waals surface area contributed by atoms with E-state index < -0.39 is 12.3 Å². The first-order valence-electron chi connectivity index (χ1n) is 6.78. The number of H-pyrrole nitrogens is 1. The molecule has 2 unspecified atom stereocenters. The van der Waals surface area contributed by atoms with E-state index in [0.717, 1.165) is 19.3 Å². The predicted molar refractivity (Wildman–Crippen MR) is 69.9 cm³/mol. The van der Waals surface area contributed by atoms with E-state index in [1.54, 1.807) is 6.20 Å². The summed E-state index contributed by atoms with van der Waals surface area (Å²) in [6, 6.07) is 0. The molecule has 0 bridgehead atoms. The Morgan fingerprint density at radius 1 is 1.60 bits per heavy atom. The highest BCUT2D eigenvalue weighted by molar-refractivity contribution is 5.77. The predicted octanol–water partition coefficient (Wildman–Crippen LogP) is 0.904. The van der Waals surface area contributed by atoms with E-state index in [-0.39, 0.29) is 11.8 Å². The molecule has 1 aromatic heterocycles. The lowest BCUT2D eigenvalue weighted by Crippen LogP contribution is -2.56. The van der Waals surface area contributed by atoms with Crippen LogP contribution in [0.2, 0.25) is 0 Å². The maximum absolute atomic E-state index is 11.8. The Labute approximate surface area is 116 Å². The largest absolute Gasteiger partial charge is 0.465 e. The molecule has 2 amide bonds. The number of likely N-dealkylation sites (tertiary alicyclic amines) is 1. The van der Waals surface area contributed by atoms with Crippen molar-refractivity contribution in [3.8, 4) is 0 Å². The summed E-state index contributed by atoms with van der Waals surface area (Å²) in [5.74, 6) is -0.307. The van der Waals surface area contributed by atoms with Gasteiger partial charge in [0.1, 0.15) is 6.17 Å². The average molecular weight is 281 g/mol. The molecule has 1 saturated heterocycles. The summed E-state index contributed by atoms with van der Waals surface area (Å²) < 4.78 is 0. The molecule has 20 heavy (non-hydrogen) atoms. The molecule has 0 spiro atoms. The molecule has 8 heteroatoms. The van der Waals surface area contributed by atoms with E-state index in [1.165, 1.54) is 4.90 Å².